The van der Waals surface area contributed by atoms with E-state index >= 15 is 0 Å². The van der Waals surface area contributed by atoms with E-state index < -0.39 is 0 Å². The maximum absolute atomic E-state index is 12.5. The summed E-state index contributed by atoms with van der Waals surface area (Å²) in [5.74, 6) is 1.45. The first kappa shape index (κ1) is 19.7. The van der Waals surface area contributed by atoms with Crippen molar-refractivity contribution in [2.75, 3.05) is 11.9 Å². The maximum Gasteiger partial charge on any atom is 0.255 e. The van der Waals surface area contributed by atoms with Crippen molar-refractivity contribution in [2.45, 2.75) is 31.2 Å². The van der Waals surface area contributed by atoms with E-state index in [1.807, 2.05) is 42.5 Å². The van der Waals surface area contributed by atoms with E-state index in [2.05, 4.69) is 33.0 Å². The van der Waals surface area contributed by atoms with Crippen LogP contribution in [-0.4, -0.2) is 28.7 Å². The molecule has 1 amide bonds. The van der Waals surface area contributed by atoms with E-state index in [4.69, 9.17) is 0 Å². The molecule has 1 aromatic heterocycles. The predicted molar refractivity (Wildman–Crippen MR) is 118 cm³/mol. The molecule has 0 bridgehead atoms. The van der Waals surface area contributed by atoms with Gasteiger partial charge < -0.3 is 10.6 Å². The topological polar surface area (TPSA) is 69.8 Å². The molecule has 2 unspecified atom stereocenters. The van der Waals surface area contributed by atoms with Gasteiger partial charge in [0.25, 0.3) is 5.91 Å². The number of halogens is 1. The van der Waals surface area contributed by atoms with Gasteiger partial charge in [-0.05, 0) is 67.6 Å². The zero-order valence-electron chi connectivity index (χ0n) is 16.1. The normalized spacial score (nSPS) is 20.0. The highest BCUT2D eigenvalue weighted by Gasteiger charge is 2.38. The number of rotatable bonds is 7. The van der Waals surface area contributed by atoms with E-state index in [9.17, 15) is 4.79 Å². The van der Waals surface area contributed by atoms with E-state index in [0.717, 1.165) is 22.9 Å². The van der Waals surface area contributed by atoms with Crippen LogP contribution in [0.25, 0.3) is 11.3 Å². The highest BCUT2D eigenvalue weighted by molar-refractivity contribution is 6.04. The van der Waals surface area contributed by atoms with Crippen LogP contribution >= 0.6 is 12.4 Å². The van der Waals surface area contributed by atoms with Crippen LogP contribution in [0.2, 0.25) is 0 Å². The molecule has 3 aromatic rings. The Labute approximate surface area is 176 Å². The summed E-state index contributed by atoms with van der Waals surface area (Å²) in [6.45, 7) is 1.17. The molecular formula is C23H25ClN4O. The second-order valence-electron chi connectivity index (χ2n) is 7.91. The number of aromatic amines is 1. The lowest BCUT2D eigenvalue weighted by Gasteiger charge is -2.08. The Kier molecular flexibility index (Phi) is 5.69. The minimum atomic E-state index is -0.100. The summed E-state index contributed by atoms with van der Waals surface area (Å²) in [7, 11) is 0. The number of carbonyl (C=O) groups is 1. The van der Waals surface area contributed by atoms with Crippen LogP contribution in [0.3, 0.4) is 0 Å². The van der Waals surface area contributed by atoms with Crippen LogP contribution in [0.15, 0.2) is 60.8 Å². The second-order valence-corrected chi connectivity index (χ2v) is 7.91. The van der Waals surface area contributed by atoms with Crippen molar-refractivity contribution in [3.63, 3.8) is 0 Å². The molecule has 2 aliphatic rings. The average molecular weight is 409 g/mol. The molecule has 1 heterocycles. The Hall–Kier alpha value is -2.63. The fraction of sp³-hybridized carbons (Fsp3) is 0.304. The van der Waals surface area contributed by atoms with Gasteiger partial charge in [0, 0.05) is 35.0 Å². The lowest BCUT2D eigenvalue weighted by Crippen LogP contribution is -2.20. The smallest absolute Gasteiger partial charge is 0.255 e. The summed E-state index contributed by atoms with van der Waals surface area (Å²) in [6.07, 6.45) is 5.79. The molecule has 2 aromatic carbocycles. The van der Waals surface area contributed by atoms with E-state index in [-0.39, 0.29) is 18.3 Å². The predicted octanol–water partition coefficient (Wildman–Crippen LogP) is 4.61. The van der Waals surface area contributed by atoms with Crippen LogP contribution in [0.1, 0.15) is 41.1 Å². The Morgan fingerprint density at radius 1 is 1.03 bits per heavy atom. The number of aromatic nitrogens is 2. The van der Waals surface area contributed by atoms with Crippen LogP contribution in [0, 0.1) is 5.92 Å². The van der Waals surface area contributed by atoms with Crippen molar-refractivity contribution in [3.8, 4) is 11.3 Å². The lowest BCUT2D eigenvalue weighted by atomic mass is 10.1. The number of benzene rings is 2. The molecule has 5 rings (SSSR count). The molecule has 150 valence electrons. The minimum absolute atomic E-state index is 0. The number of H-pyrrole nitrogens is 1. The molecule has 2 atom stereocenters. The van der Waals surface area contributed by atoms with Gasteiger partial charge in [0.2, 0.25) is 0 Å². The largest absolute Gasteiger partial charge is 0.322 e. The Balaban J connectivity index is 0.00000205. The summed E-state index contributed by atoms with van der Waals surface area (Å²) in [5, 5.41) is 13.6. The zero-order valence-corrected chi connectivity index (χ0v) is 16.9. The summed E-state index contributed by atoms with van der Waals surface area (Å²) < 4.78 is 0. The first-order valence-electron chi connectivity index (χ1n) is 10.0. The molecule has 0 radical (unpaired) electrons. The van der Waals surface area contributed by atoms with E-state index in [1.165, 1.54) is 31.4 Å². The molecule has 0 saturated heterocycles. The number of amides is 1. The van der Waals surface area contributed by atoms with Gasteiger partial charge in [-0.15, -0.1) is 12.4 Å². The van der Waals surface area contributed by atoms with E-state index in [1.54, 1.807) is 6.20 Å². The van der Waals surface area contributed by atoms with Gasteiger partial charge in [-0.3, -0.25) is 9.89 Å². The summed E-state index contributed by atoms with van der Waals surface area (Å²) >= 11 is 0. The van der Waals surface area contributed by atoms with E-state index in [0.29, 0.717) is 17.5 Å². The van der Waals surface area contributed by atoms with Crippen molar-refractivity contribution < 1.29 is 4.79 Å². The quantitative estimate of drug-likeness (QED) is 0.534. The number of carbonyl (C=O) groups excluding carboxylic acids is 1. The van der Waals surface area contributed by atoms with Crippen LogP contribution in [0.4, 0.5) is 5.69 Å². The molecule has 29 heavy (non-hydrogen) atoms. The fourth-order valence-electron chi connectivity index (χ4n) is 3.66. The van der Waals surface area contributed by atoms with Gasteiger partial charge in [0.15, 0.2) is 0 Å². The number of nitrogens with one attached hydrogen (secondary N) is 3. The maximum atomic E-state index is 12.5. The van der Waals surface area contributed by atoms with Gasteiger partial charge >= 0.3 is 0 Å². The van der Waals surface area contributed by atoms with Gasteiger partial charge in [0.1, 0.15) is 0 Å². The molecular weight excluding hydrogens is 384 g/mol. The highest BCUT2D eigenvalue weighted by atomic mass is 35.5. The van der Waals surface area contributed by atoms with Crippen molar-refractivity contribution >= 4 is 24.0 Å². The summed E-state index contributed by atoms with van der Waals surface area (Å²) in [4.78, 5) is 12.5. The second kappa shape index (κ2) is 8.39. The van der Waals surface area contributed by atoms with Crippen molar-refractivity contribution in [3.05, 3.63) is 71.9 Å². The van der Waals surface area contributed by atoms with Crippen molar-refractivity contribution in [1.82, 2.24) is 15.5 Å². The van der Waals surface area contributed by atoms with Crippen molar-refractivity contribution in [1.29, 1.82) is 0 Å². The average Bonchev–Trinajstić information content (AvgIpc) is 3.64. The third-order valence-corrected chi connectivity index (χ3v) is 5.70. The highest BCUT2D eigenvalue weighted by Crippen LogP contribution is 2.41. The monoisotopic (exact) mass is 408 g/mol. The minimum Gasteiger partial charge on any atom is -0.322 e. The molecule has 3 N–H and O–H groups in total. The van der Waals surface area contributed by atoms with Crippen molar-refractivity contribution in [2.24, 2.45) is 5.92 Å². The van der Waals surface area contributed by atoms with Gasteiger partial charge in [-0.25, -0.2) is 0 Å². The van der Waals surface area contributed by atoms with Crippen LogP contribution < -0.4 is 10.6 Å². The summed E-state index contributed by atoms with van der Waals surface area (Å²) in [5.41, 5.74) is 4.67. The SMILES string of the molecule is Cl.O=C(Nc1ccc(C2CC2NCC2CC2)cc1)c1ccc(-c2cc[nH]n2)cc1. The Morgan fingerprint density at radius 3 is 2.45 bits per heavy atom. The third-order valence-electron chi connectivity index (χ3n) is 5.70. The molecule has 0 aliphatic heterocycles. The number of anilines is 1. The first-order chi connectivity index (χ1) is 13.8. The van der Waals surface area contributed by atoms with Gasteiger partial charge in [0.05, 0.1) is 5.69 Å². The van der Waals surface area contributed by atoms with Crippen LogP contribution in [0.5, 0.6) is 0 Å². The number of hydrogen-bond acceptors (Lipinski definition) is 3. The van der Waals surface area contributed by atoms with Gasteiger partial charge in [-0.1, -0.05) is 24.3 Å². The summed E-state index contributed by atoms with van der Waals surface area (Å²) in [6, 6.07) is 18.3. The molecule has 6 heteroatoms. The zero-order chi connectivity index (χ0) is 18.9. The standard InChI is InChI=1S/C23H24N4O.ClH/c28-23(18-5-3-17(4-6-18)21-11-12-25-27-21)26-19-9-7-16(8-10-19)20-13-22(20)24-14-15-1-2-15;/h3-12,15,20,22,24H,1-2,13-14H2,(H,25,27)(H,26,28);1H. The fourth-order valence-corrected chi connectivity index (χ4v) is 3.66. The first-order valence-corrected chi connectivity index (χ1v) is 10.0. The lowest BCUT2D eigenvalue weighted by molar-refractivity contribution is 0.102. The Morgan fingerprint density at radius 2 is 1.79 bits per heavy atom. The number of nitrogens with zero attached hydrogens (tertiary/aromatic N) is 1. The molecule has 2 saturated carbocycles. The molecule has 2 fully saturated rings. The van der Waals surface area contributed by atoms with Gasteiger partial charge in [-0.2, -0.15) is 5.10 Å². The van der Waals surface area contributed by atoms with Crippen LogP contribution in [-0.2, 0) is 0 Å². The molecule has 5 nitrogen and oxygen atoms in total. The number of hydrogen-bond donors (Lipinski definition) is 3. The molecule has 0 spiro atoms. The third kappa shape index (κ3) is 4.69. The molecule has 2 aliphatic carbocycles. The Bertz CT molecular complexity index is 950.